The number of nitrogens with zero attached hydrogens (tertiary/aromatic N) is 5. The first-order valence-corrected chi connectivity index (χ1v) is 12.0. The zero-order chi connectivity index (χ0) is 25.5. The van der Waals surface area contributed by atoms with E-state index in [4.69, 9.17) is 24.0 Å². The van der Waals surface area contributed by atoms with Crippen LogP contribution in [0.1, 0.15) is 30.1 Å². The second kappa shape index (κ2) is 9.05. The van der Waals surface area contributed by atoms with E-state index in [0.717, 1.165) is 44.7 Å². The monoisotopic (exact) mass is 491 g/mol. The van der Waals surface area contributed by atoms with E-state index in [2.05, 4.69) is 21.6 Å². The van der Waals surface area contributed by atoms with Crippen LogP contribution in [-0.2, 0) is 0 Å². The van der Waals surface area contributed by atoms with Gasteiger partial charge >= 0.3 is 6.01 Å². The highest BCUT2D eigenvalue weighted by Gasteiger charge is 2.24. The number of pyridine rings is 2. The molecule has 0 radical (unpaired) electrons. The zero-order valence-electron chi connectivity index (χ0n) is 21.0. The van der Waals surface area contributed by atoms with Gasteiger partial charge in [0.15, 0.2) is 0 Å². The van der Waals surface area contributed by atoms with Crippen LogP contribution in [-0.4, -0.2) is 31.8 Å². The van der Waals surface area contributed by atoms with Crippen molar-refractivity contribution in [2.24, 2.45) is 0 Å². The molecule has 0 spiro atoms. The van der Waals surface area contributed by atoms with Gasteiger partial charge in [-0.1, -0.05) is 29.4 Å². The number of imidazole rings is 1. The predicted molar refractivity (Wildman–Crippen MR) is 141 cm³/mol. The molecule has 0 aliphatic heterocycles. The molecule has 1 atom stereocenters. The molecule has 0 fully saturated rings. The summed E-state index contributed by atoms with van der Waals surface area (Å²) in [7, 11) is 1.66. The molecule has 0 N–H and O–H groups in total. The molecule has 8 heteroatoms. The Labute approximate surface area is 213 Å². The molecule has 0 saturated carbocycles. The Morgan fingerprint density at radius 1 is 0.946 bits per heavy atom. The smallest absolute Gasteiger partial charge is 0.303 e. The van der Waals surface area contributed by atoms with Crippen LogP contribution in [0, 0.1) is 13.8 Å². The van der Waals surface area contributed by atoms with Crippen molar-refractivity contribution in [2.45, 2.75) is 26.8 Å². The van der Waals surface area contributed by atoms with E-state index in [1.165, 1.54) is 0 Å². The SMILES string of the molecule is COc1cc2c(cc1-c1c(C)noc1C)ncc1nc(Oc3ccccc3)n([C@H](C)c3ccccn3)c12. The van der Waals surface area contributed by atoms with E-state index in [1.54, 1.807) is 19.5 Å². The van der Waals surface area contributed by atoms with Crippen LogP contribution in [0.5, 0.6) is 17.5 Å². The van der Waals surface area contributed by atoms with Gasteiger partial charge in [-0.05, 0) is 57.2 Å². The van der Waals surface area contributed by atoms with Crippen LogP contribution in [0.2, 0.25) is 0 Å². The van der Waals surface area contributed by atoms with E-state index in [9.17, 15) is 0 Å². The lowest BCUT2D eigenvalue weighted by Gasteiger charge is -2.18. The first-order chi connectivity index (χ1) is 18.0. The molecule has 37 heavy (non-hydrogen) atoms. The number of benzene rings is 2. The standard InChI is InChI=1S/C29H25N5O3/c1-17-27(19(3)37-33-17)22-14-24-21(15-26(22)35-4)28-25(16-31-24)32-29(36-20-10-6-5-7-11-20)34(28)18(2)23-12-8-9-13-30-23/h5-16,18H,1-4H3/t18-/m1/s1. The lowest BCUT2D eigenvalue weighted by molar-refractivity contribution is 0.393. The highest BCUT2D eigenvalue weighted by Crippen LogP contribution is 2.41. The van der Waals surface area contributed by atoms with Crippen LogP contribution < -0.4 is 9.47 Å². The highest BCUT2D eigenvalue weighted by molar-refractivity contribution is 6.05. The van der Waals surface area contributed by atoms with Crippen LogP contribution in [0.15, 0.2) is 77.6 Å². The fourth-order valence-electron chi connectivity index (χ4n) is 4.79. The van der Waals surface area contributed by atoms with Crippen LogP contribution in [0.25, 0.3) is 33.1 Å². The van der Waals surface area contributed by atoms with Gasteiger partial charge in [-0.15, -0.1) is 0 Å². The average molecular weight is 492 g/mol. The zero-order valence-corrected chi connectivity index (χ0v) is 21.0. The Morgan fingerprint density at radius 2 is 1.76 bits per heavy atom. The van der Waals surface area contributed by atoms with Crippen molar-refractivity contribution in [1.82, 2.24) is 24.7 Å². The van der Waals surface area contributed by atoms with Gasteiger partial charge in [0.05, 0.1) is 47.3 Å². The molecule has 0 aliphatic rings. The van der Waals surface area contributed by atoms with Gasteiger partial charge in [0, 0.05) is 17.1 Å². The number of para-hydroxylation sites is 1. The van der Waals surface area contributed by atoms with E-state index >= 15 is 0 Å². The second-order valence-corrected chi connectivity index (χ2v) is 8.87. The summed E-state index contributed by atoms with van der Waals surface area (Å²) in [6.45, 7) is 5.90. The molecule has 2 aromatic carbocycles. The summed E-state index contributed by atoms with van der Waals surface area (Å²) in [4.78, 5) is 14.2. The normalized spacial score (nSPS) is 12.2. The number of hydrogen-bond acceptors (Lipinski definition) is 7. The molecule has 4 heterocycles. The Morgan fingerprint density at radius 3 is 2.46 bits per heavy atom. The summed E-state index contributed by atoms with van der Waals surface area (Å²) in [6, 6.07) is 19.8. The molecule has 8 nitrogen and oxygen atoms in total. The minimum atomic E-state index is -0.163. The van der Waals surface area contributed by atoms with Crippen molar-refractivity contribution in [3.8, 4) is 28.6 Å². The van der Waals surface area contributed by atoms with Crippen molar-refractivity contribution in [3.05, 3.63) is 90.2 Å². The summed E-state index contributed by atoms with van der Waals surface area (Å²) >= 11 is 0. The van der Waals surface area contributed by atoms with Gasteiger partial charge in [-0.2, -0.15) is 4.98 Å². The van der Waals surface area contributed by atoms with Crippen molar-refractivity contribution >= 4 is 21.9 Å². The number of aromatic nitrogens is 5. The molecule has 0 unspecified atom stereocenters. The summed E-state index contributed by atoms with van der Waals surface area (Å²) in [5.41, 5.74) is 5.87. The lowest BCUT2D eigenvalue weighted by atomic mass is 10.0. The van der Waals surface area contributed by atoms with E-state index in [-0.39, 0.29) is 6.04 Å². The van der Waals surface area contributed by atoms with E-state index < -0.39 is 0 Å². The predicted octanol–water partition coefficient (Wildman–Crippen LogP) is 6.66. The van der Waals surface area contributed by atoms with Crippen LogP contribution >= 0.6 is 0 Å². The molecular weight excluding hydrogens is 466 g/mol. The highest BCUT2D eigenvalue weighted by atomic mass is 16.5. The minimum absolute atomic E-state index is 0.163. The Balaban J connectivity index is 1.63. The van der Waals surface area contributed by atoms with Crippen molar-refractivity contribution in [2.75, 3.05) is 7.11 Å². The van der Waals surface area contributed by atoms with Gasteiger partial charge in [-0.3, -0.25) is 14.5 Å². The number of methoxy groups -OCH3 is 1. The van der Waals surface area contributed by atoms with E-state index in [0.29, 0.717) is 23.0 Å². The Kier molecular flexibility index (Phi) is 5.56. The van der Waals surface area contributed by atoms with Gasteiger partial charge in [0.2, 0.25) is 0 Å². The third-order valence-corrected chi connectivity index (χ3v) is 6.56. The van der Waals surface area contributed by atoms with Crippen molar-refractivity contribution in [3.63, 3.8) is 0 Å². The number of aryl methyl sites for hydroxylation is 2. The Hall–Kier alpha value is -4.72. The quantitative estimate of drug-likeness (QED) is 0.257. The van der Waals surface area contributed by atoms with E-state index in [1.807, 2.05) is 74.5 Å². The summed E-state index contributed by atoms with van der Waals surface area (Å²) < 4.78 is 19.7. The lowest BCUT2D eigenvalue weighted by Crippen LogP contribution is -2.10. The molecule has 6 rings (SSSR count). The van der Waals surface area contributed by atoms with Crippen LogP contribution in [0.4, 0.5) is 0 Å². The average Bonchev–Trinajstić information content (AvgIpc) is 3.47. The minimum Gasteiger partial charge on any atom is -0.496 e. The molecule has 6 aromatic rings. The molecule has 4 aromatic heterocycles. The maximum Gasteiger partial charge on any atom is 0.303 e. The fourth-order valence-corrected chi connectivity index (χ4v) is 4.79. The molecule has 0 saturated heterocycles. The topological polar surface area (TPSA) is 88.1 Å². The maximum absolute atomic E-state index is 6.30. The molecule has 0 amide bonds. The van der Waals surface area contributed by atoms with Crippen LogP contribution in [0.3, 0.4) is 0 Å². The number of rotatable bonds is 6. The first kappa shape index (κ1) is 22.7. The van der Waals surface area contributed by atoms with Crippen molar-refractivity contribution in [1.29, 1.82) is 0 Å². The fraction of sp³-hybridized carbons (Fsp3) is 0.172. The van der Waals surface area contributed by atoms with Crippen molar-refractivity contribution < 1.29 is 14.0 Å². The third kappa shape index (κ3) is 3.87. The third-order valence-electron chi connectivity index (χ3n) is 6.56. The number of ether oxygens (including phenoxy) is 2. The van der Waals surface area contributed by atoms with Gasteiger partial charge in [-0.25, -0.2) is 0 Å². The number of fused-ring (bicyclic) bond motifs is 3. The summed E-state index contributed by atoms with van der Waals surface area (Å²) in [5, 5.41) is 5.02. The molecule has 0 bridgehead atoms. The van der Waals surface area contributed by atoms with Gasteiger partial charge < -0.3 is 14.0 Å². The Bertz CT molecular complexity index is 1710. The maximum atomic E-state index is 6.30. The molecule has 184 valence electrons. The first-order valence-electron chi connectivity index (χ1n) is 12.0. The van der Waals surface area contributed by atoms with Gasteiger partial charge in [0.1, 0.15) is 22.8 Å². The number of hydrogen-bond donors (Lipinski definition) is 0. The second-order valence-electron chi connectivity index (χ2n) is 8.87. The largest absolute Gasteiger partial charge is 0.496 e. The van der Waals surface area contributed by atoms with Gasteiger partial charge in [0.25, 0.3) is 0 Å². The molecule has 0 aliphatic carbocycles. The molecular formula is C29H25N5O3. The summed E-state index contributed by atoms with van der Waals surface area (Å²) in [6.07, 6.45) is 3.57. The summed E-state index contributed by atoms with van der Waals surface area (Å²) in [5.74, 6) is 2.12.